The van der Waals surface area contributed by atoms with Crippen molar-refractivity contribution in [3.05, 3.63) is 100 Å². The summed E-state index contributed by atoms with van der Waals surface area (Å²) in [6.45, 7) is 0.427. The number of halogens is 1. The minimum atomic E-state index is -0.373. The fourth-order valence-corrected chi connectivity index (χ4v) is 2.87. The number of hydrogen-bond donors (Lipinski definition) is 1. The third kappa shape index (κ3) is 3.61. The van der Waals surface area contributed by atoms with Crippen LogP contribution in [0.1, 0.15) is 5.69 Å². The van der Waals surface area contributed by atoms with Crippen molar-refractivity contribution in [3.8, 4) is 11.4 Å². The number of para-hydroxylation sites is 2. The van der Waals surface area contributed by atoms with E-state index in [0.717, 1.165) is 11.4 Å². The Morgan fingerprint density at radius 3 is 2.30 bits per heavy atom. The number of rotatable bonds is 5. The van der Waals surface area contributed by atoms with Gasteiger partial charge < -0.3 is 5.32 Å². The third-order valence-corrected chi connectivity index (χ3v) is 4.41. The molecule has 2 aromatic carbocycles. The average molecular weight is 378 g/mol. The second-order valence-corrected chi connectivity index (χ2v) is 6.24. The molecule has 0 unspecified atom stereocenters. The molecular weight excluding hydrogens is 362 g/mol. The molecule has 2 heterocycles. The van der Waals surface area contributed by atoms with E-state index < -0.39 is 0 Å². The molecule has 4 rings (SSSR count). The average Bonchev–Trinajstić information content (AvgIpc) is 3.19. The van der Waals surface area contributed by atoms with Gasteiger partial charge in [0.05, 0.1) is 35.5 Å². The van der Waals surface area contributed by atoms with Gasteiger partial charge in [0, 0.05) is 6.20 Å². The molecule has 0 aliphatic carbocycles. The van der Waals surface area contributed by atoms with Crippen LogP contribution in [0.5, 0.6) is 0 Å². The summed E-state index contributed by atoms with van der Waals surface area (Å²) in [7, 11) is 0. The lowest BCUT2D eigenvalue weighted by molar-refractivity contribution is 0.805. The summed E-state index contributed by atoms with van der Waals surface area (Å²) >= 11 is 6.25. The van der Waals surface area contributed by atoms with Crippen LogP contribution in [0.15, 0.2) is 83.9 Å². The number of anilines is 1. The molecule has 27 heavy (non-hydrogen) atoms. The molecule has 7 heteroatoms. The van der Waals surface area contributed by atoms with Crippen LogP contribution in [-0.4, -0.2) is 19.6 Å². The summed E-state index contributed by atoms with van der Waals surface area (Å²) < 4.78 is 3.07. The number of aromatic nitrogens is 4. The summed E-state index contributed by atoms with van der Waals surface area (Å²) in [6, 6.07) is 20.9. The molecular formula is C20H16ClN5O. The molecule has 0 radical (unpaired) electrons. The topological polar surface area (TPSA) is 64.7 Å². The Morgan fingerprint density at radius 2 is 1.59 bits per heavy atom. The number of nitrogens with zero attached hydrogens (tertiary/aromatic N) is 4. The second kappa shape index (κ2) is 7.47. The normalized spacial score (nSPS) is 10.7. The van der Waals surface area contributed by atoms with Gasteiger partial charge in [-0.3, -0.25) is 4.79 Å². The van der Waals surface area contributed by atoms with Gasteiger partial charge in [-0.2, -0.15) is 14.9 Å². The van der Waals surface area contributed by atoms with Gasteiger partial charge in [0.1, 0.15) is 5.02 Å². The standard InChI is InChI=1S/C20H16ClN5O/c21-19-18(14-23-26(20(19)27)17-9-5-2-6-10-17)22-13-15-11-12-25(24-15)16-7-3-1-4-8-16/h1-12,14,22H,13H2. The molecule has 0 atom stereocenters. The van der Waals surface area contributed by atoms with Gasteiger partial charge in [-0.15, -0.1) is 0 Å². The lowest BCUT2D eigenvalue weighted by atomic mass is 10.3. The largest absolute Gasteiger partial charge is 0.377 e. The second-order valence-electron chi connectivity index (χ2n) is 5.87. The smallest absolute Gasteiger partial charge is 0.292 e. The summed E-state index contributed by atoms with van der Waals surface area (Å²) in [5.74, 6) is 0. The first-order valence-corrected chi connectivity index (χ1v) is 8.77. The maximum Gasteiger partial charge on any atom is 0.292 e. The van der Waals surface area contributed by atoms with Gasteiger partial charge in [-0.05, 0) is 30.3 Å². The Morgan fingerprint density at radius 1 is 0.926 bits per heavy atom. The monoisotopic (exact) mass is 377 g/mol. The van der Waals surface area contributed by atoms with Crippen molar-refractivity contribution in [1.82, 2.24) is 19.6 Å². The van der Waals surface area contributed by atoms with E-state index in [1.807, 2.05) is 60.8 Å². The Hall–Kier alpha value is -3.38. The molecule has 2 aromatic heterocycles. The molecule has 0 aliphatic heterocycles. The van der Waals surface area contributed by atoms with E-state index in [4.69, 9.17) is 11.6 Å². The minimum Gasteiger partial charge on any atom is -0.377 e. The van der Waals surface area contributed by atoms with E-state index in [-0.39, 0.29) is 10.6 Å². The Balaban J connectivity index is 1.52. The van der Waals surface area contributed by atoms with Gasteiger partial charge in [0.2, 0.25) is 0 Å². The van der Waals surface area contributed by atoms with Gasteiger partial charge in [-0.1, -0.05) is 48.0 Å². The quantitative estimate of drug-likeness (QED) is 0.576. The van der Waals surface area contributed by atoms with Gasteiger partial charge >= 0.3 is 0 Å². The lowest BCUT2D eigenvalue weighted by Crippen LogP contribution is -2.22. The van der Waals surface area contributed by atoms with Crippen molar-refractivity contribution in [3.63, 3.8) is 0 Å². The van der Waals surface area contributed by atoms with E-state index in [1.54, 1.807) is 23.0 Å². The maximum atomic E-state index is 12.5. The molecule has 0 bridgehead atoms. The molecule has 0 saturated carbocycles. The molecule has 0 saturated heterocycles. The van der Waals surface area contributed by atoms with Crippen LogP contribution in [0.3, 0.4) is 0 Å². The van der Waals surface area contributed by atoms with Crippen LogP contribution >= 0.6 is 11.6 Å². The fourth-order valence-electron chi connectivity index (χ4n) is 2.68. The molecule has 134 valence electrons. The highest BCUT2D eigenvalue weighted by molar-refractivity contribution is 6.32. The van der Waals surface area contributed by atoms with Gasteiger partial charge in [-0.25, -0.2) is 4.68 Å². The summed E-state index contributed by atoms with van der Waals surface area (Å²) in [5.41, 5.74) is 2.57. The molecule has 4 aromatic rings. The van der Waals surface area contributed by atoms with E-state index >= 15 is 0 Å². The van der Waals surface area contributed by atoms with Crippen LogP contribution in [-0.2, 0) is 6.54 Å². The van der Waals surface area contributed by atoms with Crippen LogP contribution in [0.25, 0.3) is 11.4 Å². The van der Waals surface area contributed by atoms with Crippen LogP contribution in [0, 0.1) is 0 Å². The highest BCUT2D eigenvalue weighted by Crippen LogP contribution is 2.17. The number of nitrogens with one attached hydrogen (secondary N) is 1. The maximum absolute atomic E-state index is 12.5. The Bertz CT molecular complexity index is 1110. The molecule has 6 nitrogen and oxygen atoms in total. The van der Waals surface area contributed by atoms with Crippen LogP contribution in [0.2, 0.25) is 5.02 Å². The zero-order chi connectivity index (χ0) is 18.6. The number of benzene rings is 2. The first kappa shape index (κ1) is 17.1. The Kier molecular flexibility index (Phi) is 4.72. The van der Waals surface area contributed by atoms with Crippen molar-refractivity contribution in [2.45, 2.75) is 6.54 Å². The van der Waals surface area contributed by atoms with E-state index in [9.17, 15) is 4.79 Å². The molecule has 0 fully saturated rings. The predicted molar refractivity (Wildman–Crippen MR) is 106 cm³/mol. The summed E-state index contributed by atoms with van der Waals surface area (Å²) in [6.07, 6.45) is 3.44. The first-order chi connectivity index (χ1) is 13.2. The van der Waals surface area contributed by atoms with Crippen molar-refractivity contribution in [2.24, 2.45) is 0 Å². The summed E-state index contributed by atoms with van der Waals surface area (Å²) in [4.78, 5) is 12.5. The van der Waals surface area contributed by atoms with Gasteiger partial charge in [0.15, 0.2) is 0 Å². The van der Waals surface area contributed by atoms with Crippen molar-refractivity contribution < 1.29 is 0 Å². The third-order valence-electron chi connectivity index (χ3n) is 4.04. The zero-order valence-electron chi connectivity index (χ0n) is 14.3. The summed E-state index contributed by atoms with van der Waals surface area (Å²) in [5, 5.41) is 11.9. The predicted octanol–water partition coefficient (Wildman–Crippen LogP) is 3.68. The van der Waals surface area contributed by atoms with E-state index in [1.165, 1.54) is 4.68 Å². The van der Waals surface area contributed by atoms with Crippen LogP contribution < -0.4 is 10.9 Å². The molecule has 0 spiro atoms. The first-order valence-electron chi connectivity index (χ1n) is 8.39. The van der Waals surface area contributed by atoms with Crippen molar-refractivity contribution >= 4 is 17.3 Å². The number of hydrogen-bond acceptors (Lipinski definition) is 4. The zero-order valence-corrected chi connectivity index (χ0v) is 15.0. The molecule has 0 amide bonds. The lowest BCUT2D eigenvalue weighted by Gasteiger charge is -2.09. The van der Waals surface area contributed by atoms with Gasteiger partial charge in [0.25, 0.3) is 5.56 Å². The minimum absolute atomic E-state index is 0.0938. The van der Waals surface area contributed by atoms with E-state index in [0.29, 0.717) is 17.9 Å². The molecule has 1 N–H and O–H groups in total. The van der Waals surface area contributed by atoms with Crippen molar-refractivity contribution in [2.75, 3.05) is 5.32 Å². The molecule has 0 aliphatic rings. The Labute approximate surface area is 160 Å². The fraction of sp³-hybridized carbons (Fsp3) is 0.0500. The van der Waals surface area contributed by atoms with Crippen LogP contribution in [0.4, 0.5) is 5.69 Å². The highest BCUT2D eigenvalue weighted by Gasteiger charge is 2.11. The highest BCUT2D eigenvalue weighted by atomic mass is 35.5. The SMILES string of the molecule is O=c1c(Cl)c(NCc2ccn(-c3ccccc3)n2)cnn1-c1ccccc1. The van der Waals surface area contributed by atoms with Crippen molar-refractivity contribution in [1.29, 1.82) is 0 Å². The van der Waals surface area contributed by atoms with E-state index in [2.05, 4.69) is 15.5 Å².